The maximum Gasteiger partial charge on any atom is 0.316 e. The lowest BCUT2D eigenvalue weighted by Crippen LogP contribution is -2.23. The number of thiazole rings is 1. The van der Waals surface area contributed by atoms with Crippen LogP contribution in [0, 0.1) is 0 Å². The van der Waals surface area contributed by atoms with Gasteiger partial charge in [0.15, 0.2) is 0 Å². The first kappa shape index (κ1) is 12.1. The third kappa shape index (κ3) is 2.98. The van der Waals surface area contributed by atoms with Gasteiger partial charge in [0.25, 0.3) is 0 Å². The Morgan fingerprint density at radius 1 is 1.67 bits per heavy atom. The van der Waals surface area contributed by atoms with E-state index in [9.17, 15) is 4.79 Å². The molecular formula is C9H14N2O3S. The quantitative estimate of drug-likeness (QED) is 0.746. The van der Waals surface area contributed by atoms with Crippen LogP contribution in [-0.2, 0) is 20.9 Å². The van der Waals surface area contributed by atoms with Crippen LogP contribution in [0.1, 0.15) is 16.6 Å². The fourth-order valence-corrected chi connectivity index (χ4v) is 1.97. The Morgan fingerprint density at radius 2 is 2.40 bits per heavy atom. The molecule has 0 aliphatic rings. The van der Waals surface area contributed by atoms with Gasteiger partial charge in [-0.15, -0.1) is 11.3 Å². The molecule has 0 amide bonds. The van der Waals surface area contributed by atoms with Gasteiger partial charge in [0.1, 0.15) is 10.9 Å². The monoisotopic (exact) mass is 230 g/mol. The number of carbonyl (C=O) groups excluding carboxylic acids is 1. The van der Waals surface area contributed by atoms with Gasteiger partial charge in [0.05, 0.1) is 19.4 Å². The highest BCUT2D eigenvalue weighted by molar-refractivity contribution is 7.09. The largest absolute Gasteiger partial charge is 0.468 e. The Balaban J connectivity index is 2.78. The number of methoxy groups -OCH3 is 2. The Morgan fingerprint density at radius 3 is 2.93 bits per heavy atom. The van der Waals surface area contributed by atoms with E-state index in [2.05, 4.69) is 9.72 Å². The zero-order valence-electron chi connectivity index (χ0n) is 8.73. The van der Waals surface area contributed by atoms with Crippen molar-refractivity contribution in [2.75, 3.05) is 20.8 Å². The molecule has 0 spiro atoms. The minimum absolute atomic E-state index is 0.197. The van der Waals surface area contributed by atoms with Crippen LogP contribution in [0.4, 0.5) is 0 Å². The molecule has 1 heterocycles. The lowest BCUT2D eigenvalue weighted by molar-refractivity contribution is -0.142. The van der Waals surface area contributed by atoms with Gasteiger partial charge >= 0.3 is 5.97 Å². The summed E-state index contributed by atoms with van der Waals surface area (Å²) in [5.41, 5.74) is 6.15. The number of carbonyl (C=O) groups is 1. The van der Waals surface area contributed by atoms with Gasteiger partial charge in [-0.1, -0.05) is 0 Å². The lowest BCUT2D eigenvalue weighted by Gasteiger charge is -2.08. The summed E-state index contributed by atoms with van der Waals surface area (Å²) in [6, 6.07) is 0. The summed E-state index contributed by atoms with van der Waals surface area (Å²) in [7, 11) is 2.94. The zero-order valence-corrected chi connectivity index (χ0v) is 9.54. The van der Waals surface area contributed by atoms with Crippen molar-refractivity contribution in [2.45, 2.75) is 12.5 Å². The Labute approximate surface area is 92.2 Å². The highest BCUT2D eigenvalue weighted by atomic mass is 32.1. The number of hydrogen-bond donors (Lipinski definition) is 1. The molecule has 0 radical (unpaired) electrons. The Bertz CT molecular complexity index is 327. The van der Waals surface area contributed by atoms with Gasteiger partial charge in [-0.05, 0) is 0 Å². The predicted molar refractivity (Wildman–Crippen MR) is 56.6 cm³/mol. The SMILES string of the molecule is COCc1nc(C(CN)C(=O)OC)cs1. The number of rotatable bonds is 5. The molecule has 5 nitrogen and oxygen atoms in total. The molecule has 0 saturated carbocycles. The van der Waals surface area contributed by atoms with Crippen molar-refractivity contribution >= 4 is 17.3 Å². The van der Waals surface area contributed by atoms with Crippen LogP contribution in [0.2, 0.25) is 0 Å². The van der Waals surface area contributed by atoms with Crippen LogP contribution in [0.3, 0.4) is 0 Å². The van der Waals surface area contributed by atoms with Gasteiger partial charge in [-0.25, -0.2) is 4.98 Å². The van der Waals surface area contributed by atoms with Crippen LogP contribution in [0.5, 0.6) is 0 Å². The van der Waals surface area contributed by atoms with Gasteiger partial charge < -0.3 is 15.2 Å². The van der Waals surface area contributed by atoms with E-state index in [1.807, 2.05) is 5.38 Å². The summed E-state index contributed by atoms with van der Waals surface area (Å²) in [6.07, 6.45) is 0. The zero-order chi connectivity index (χ0) is 11.3. The standard InChI is InChI=1S/C9H14N2O3S/c1-13-4-8-11-7(5-15-8)6(3-10)9(12)14-2/h5-6H,3-4,10H2,1-2H3. The molecule has 0 fully saturated rings. The second-order valence-electron chi connectivity index (χ2n) is 2.91. The molecule has 0 saturated heterocycles. The molecule has 6 heteroatoms. The minimum Gasteiger partial charge on any atom is -0.468 e. The maximum absolute atomic E-state index is 11.3. The summed E-state index contributed by atoms with van der Waals surface area (Å²) in [6.45, 7) is 0.645. The van der Waals surface area contributed by atoms with Gasteiger partial charge in [-0.3, -0.25) is 4.79 Å². The van der Waals surface area contributed by atoms with Crippen molar-refractivity contribution in [2.24, 2.45) is 5.73 Å². The first-order valence-corrected chi connectivity index (χ1v) is 5.32. The Hall–Kier alpha value is -0.980. The first-order valence-electron chi connectivity index (χ1n) is 4.44. The Kier molecular flexibility index (Phi) is 4.67. The van der Waals surface area contributed by atoms with Crippen LogP contribution in [0.25, 0.3) is 0 Å². The summed E-state index contributed by atoms with van der Waals surface area (Å²) in [5.74, 6) is -0.830. The van der Waals surface area contributed by atoms with Gasteiger partial charge in [0, 0.05) is 19.0 Å². The molecule has 1 aromatic rings. The van der Waals surface area contributed by atoms with E-state index in [-0.39, 0.29) is 12.5 Å². The number of aromatic nitrogens is 1. The van der Waals surface area contributed by atoms with Crippen molar-refractivity contribution in [3.63, 3.8) is 0 Å². The highest BCUT2D eigenvalue weighted by Crippen LogP contribution is 2.19. The van der Waals surface area contributed by atoms with E-state index in [0.29, 0.717) is 12.3 Å². The molecule has 2 N–H and O–H groups in total. The van der Waals surface area contributed by atoms with Crippen molar-refractivity contribution in [1.82, 2.24) is 4.98 Å². The molecule has 1 atom stereocenters. The molecule has 15 heavy (non-hydrogen) atoms. The van der Waals surface area contributed by atoms with E-state index in [1.54, 1.807) is 7.11 Å². The topological polar surface area (TPSA) is 74.4 Å². The van der Waals surface area contributed by atoms with E-state index in [4.69, 9.17) is 10.5 Å². The summed E-state index contributed by atoms with van der Waals surface area (Å²) < 4.78 is 9.58. The molecule has 1 aromatic heterocycles. The van der Waals surface area contributed by atoms with E-state index >= 15 is 0 Å². The van der Waals surface area contributed by atoms with Crippen LogP contribution < -0.4 is 5.73 Å². The van der Waals surface area contributed by atoms with Gasteiger partial charge in [-0.2, -0.15) is 0 Å². The molecule has 0 aromatic carbocycles. The first-order chi connectivity index (χ1) is 7.22. The van der Waals surface area contributed by atoms with Crippen molar-refractivity contribution in [1.29, 1.82) is 0 Å². The van der Waals surface area contributed by atoms with Crippen molar-refractivity contribution in [3.05, 3.63) is 16.1 Å². The van der Waals surface area contributed by atoms with Gasteiger partial charge in [0.2, 0.25) is 0 Å². The molecule has 0 aliphatic heterocycles. The second-order valence-corrected chi connectivity index (χ2v) is 3.85. The summed E-state index contributed by atoms with van der Waals surface area (Å²) >= 11 is 1.45. The third-order valence-corrected chi connectivity index (χ3v) is 2.76. The number of nitrogens with two attached hydrogens (primary N) is 1. The predicted octanol–water partition coefficient (Wildman–Crippen LogP) is 0.505. The van der Waals surface area contributed by atoms with Crippen LogP contribution >= 0.6 is 11.3 Å². The number of esters is 1. The normalized spacial score (nSPS) is 12.5. The van der Waals surface area contributed by atoms with E-state index in [0.717, 1.165) is 5.01 Å². The van der Waals surface area contributed by atoms with Crippen molar-refractivity contribution in [3.8, 4) is 0 Å². The van der Waals surface area contributed by atoms with E-state index < -0.39 is 5.92 Å². The van der Waals surface area contributed by atoms with Crippen molar-refractivity contribution < 1.29 is 14.3 Å². The maximum atomic E-state index is 11.3. The molecule has 0 aliphatic carbocycles. The number of nitrogens with zero attached hydrogens (tertiary/aromatic N) is 1. The molecule has 0 bridgehead atoms. The molecular weight excluding hydrogens is 216 g/mol. The van der Waals surface area contributed by atoms with Crippen LogP contribution in [-0.4, -0.2) is 31.7 Å². The van der Waals surface area contributed by atoms with Crippen LogP contribution in [0.15, 0.2) is 5.38 Å². The smallest absolute Gasteiger partial charge is 0.316 e. The summed E-state index contributed by atoms with van der Waals surface area (Å²) in [5, 5.41) is 2.64. The lowest BCUT2D eigenvalue weighted by atomic mass is 10.1. The minimum atomic E-state index is -0.475. The second kappa shape index (κ2) is 5.79. The third-order valence-electron chi connectivity index (χ3n) is 1.92. The fourth-order valence-electron chi connectivity index (χ4n) is 1.15. The fraction of sp³-hybridized carbons (Fsp3) is 0.556. The summed E-state index contributed by atoms with van der Waals surface area (Å²) in [4.78, 5) is 15.6. The molecule has 84 valence electrons. The molecule has 1 unspecified atom stereocenters. The average molecular weight is 230 g/mol. The highest BCUT2D eigenvalue weighted by Gasteiger charge is 2.22. The molecule has 1 rings (SSSR count). The number of hydrogen-bond acceptors (Lipinski definition) is 6. The number of ether oxygens (including phenoxy) is 2. The van der Waals surface area contributed by atoms with E-state index in [1.165, 1.54) is 18.4 Å². The average Bonchev–Trinajstić information content (AvgIpc) is 2.68.